The molecular formula is C52H62N2O10. The molecule has 0 aliphatic heterocycles. The normalized spacial score (nSPS) is 16.5. The molecule has 340 valence electrons. The Balaban J connectivity index is 0.000000401. The van der Waals surface area contributed by atoms with Gasteiger partial charge in [0.05, 0.1) is 0 Å². The van der Waals surface area contributed by atoms with Crippen molar-refractivity contribution in [2.45, 2.75) is 119 Å². The zero-order valence-electron chi connectivity index (χ0n) is 38.4. The molecule has 6 aromatic rings. The van der Waals surface area contributed by atoms with Crippen LogP contribution in [0.2, 0.25) is 0 Å². The second-order valence-corrected chi connectivity index (χ2v) is 16.7. The summed E-state index contributed by atoms with van der Waals surface area (Å²) in [5.41, 5.74) is 6.25. The summed E-state index contributed by atoms with van der Waals surface area (Å²) < 4.78 is 1.67. The fourth-order valence-electron chi connectivity index (χ4n) is 8.98. The van der Waals surface area contributed by atoms with E-state index in [2.05, 4.69) is 0 Å². The summed E-state index contributed by atoms with van der Waals surface area (Å²) in [7, 11) is 0. The van der Waals surface area contributed by atoms with E-state index in [0.29, 0.717) is 70.2 Å². The van der Waals surface area contributed by atoms with E-state index in [-0.39, 0.29) is 68.2 Å². The molecular weight excluding hydrogens is 813 g/mol. The first-order valence-corrected chi connectivity index (χ1v) is 21.8. The molecule has 4 aromatic carbocycles. The quantitative estimate of drug-likeness (QED) is 0.0619. The maximum Gasteiger partial charge on any atom is 0.189 e. The van der Waals surface area contributed by atoms with Gasteiger partial charge in [-0.1, -0.05) is 39.8 Å². The highest BCUT2D eigenvalue weighted by Crippen LogP contribution is 2.54. The van der Waals surface area contributed by atoms with Crippen LogP contribution in [0.1, 0.15) is 155 Å². The fraction of sp³-hybridized carbons (Fsp3) is 0.346. The highest BCUT2D eigenvalue weighted by molar-refractivity contribution is 5.67. The Morgan fingerprint density at radius 2 is 0.547 bits per heavy atom. The summed E-state index contributed by atoms with van der Waals surface area (Å²) in [5, 5.41) is 113. The van der Waals surface area contributed by atoms with Gasteiger partial charge in [-0.15, -0.1) is 0 Å². The van der Waals surface area contributed by atoms with Gasteiger partial charge in [-0.05, 0) is 77.6 Å². The molecule has 0 fully saturated rings. The van der Waals surface area contributed by atoms with E-state index >= 15 is 0 Å². The van der Waals surface area contributed by atoms with Gasteiger partial charge in [-0.3, -0.25) is 0 Å². The van der Waals surface area contributed by atoms with Crippen LogP contribution in [0.3, 0.4) is 0 Å². The first-order valence-electron chi connectivity index (χ1n) is 21.8. The molecule has 1 aliphatic carbocycles. The number of phenols is 8. The molecule has 12 heteroatoms. The Hall–Kier alpha value is -6.82. The summed E-state index contributed by atoms with van der Waals surface area (Å²) in [4.78, 5) is 0. The van der Waals surface area contributed by atoms with Crippen molar-refractivity contribution in [3.05, 3.63) is 162 Å². The van der Waals surface area contributed by atoms with Gasteiger partial charge in [0.15, 0.2) is 23.8 Å². The fourth-order valence-corrected chi connectivity index (χ4v) is 8.98. The Morgan fingerprint density at radius 3 is 0.672 bits per heavy atom. The molecule has 64 heavy (non-hydrogen) atoms. The Kier molecular flexibility index (Phi) is 14.8. The molecule has 0 radical (unpaired) electrons. The van der Waals surface area contributed by atoms with Gasteiger partial charge in [0.1, 0.15) is 46.0 Å². The lowest BCUT2D eigenvalue weighted by molar-refractivity contribution is -0.612. The standard InChI is InChI=1S/C40H48O8.2C6H7NO/c1-9-21-25-13-27(35(43)17(5)33(25)41)22(10-2)29-15-31(39(47)19(7)37(29)45)24(12-4)32-16-30(38(46)20(8)40(32)48)23(11-3)28-14-26(21)34(42)18(6)36(28)44;2*1-6-4-2-3-5-7(6)8/h13-16,21-24,41-48H,9-12H2,1-8H3;2*2-5H,1H3. The van der Waals surface area contributed by atoms with Crippen molar-refractivity contribution in [3.8, 4) is 46.0 Å². The van der Waals surface area contributed by atoms with Crippen molar-refractivity contribution < 1.29 is 50.3 Å². The average Bonchev–Trinajstić information content (AvgIpc) is 3.28. The number of aromatic hydroxyl groups is 8. The number of fused-ring (bicyclic) bond motifs is 8. The molecule has 1 aliphatic rings. The van der Waals surface area contributed by atoms with Crippen molar-refractivity contribution >= 4 is 0 Å². The van der Waals surface area contributed by atoms with Gasteiger partial charge in [-0.25, -0.2) is 0 Å². The summed E-state index contributed by atoms with van der Waals surface area (Å²) >= 11 is 0. The molecule has 0 saturated heterocycles. The number of hydrogen-bond donors (Lipinski definition) is 8. The number of aromatic nitrogens is 2. The third-order valence-corrected chi connectivity index (χ3v) is 12.9. The Bertz CT molecular complexity index is 2200. The van der Waals surface area contributed by atoms with E-state index in [0.717, 1.165) is 20.8 Å². The number of nitrogens with zero attached hydrogens (tertiary/aromatic N) is 2. The summed E-state index contributed by atoms with van der Waals surface area (Å²) in [5.74, 6) is -3.21. The molecule has 2 aromatic heterocycles. The number of benzene rings is 4. The molecule has 0 atom stereocenters. The second kappa shape index (κ2) is 19.7. The topological polar surface area (TPSA) is 216 Å². The van der Waals surface area contributed by atoms with Crippen molar-refractivity contribution in [1.29, 1.82) is 0 Å². The monoisotopic (exact) mass is 874 g/mol. The predicted octanol–water partition coefficient (Wildman–Crippen LogP) is 10.3. The minimum Gasteiger partial charge on any atom is -0.619 e. The first kappa shape index (κ1) is 48.2. The summed E-state index contributed by atoms with van der Waals surface area (Å²) in [6, 6.07) is 17.5. The third kappa shape index (κ3) is 8.86. The smallest absolute Gasteiger partial charge is 0.189 e. The van der Waals surface area contributed by atoms with Crippen molar-refractivity contribution in [2.75, 3.05) is 0 Å². The van der Waals surface area contributed by atoms with Gasteiger partial charge in [0, 0.05) is 129 Å². The van der Waals surface area contributed by atoms with Crippen LogP contribution in [0.5, 0.6) is 46.0 Å². The van der Waals surface area contributed by atoms with Crippen LogP contribution in [0.25, 0.3) is 0 Å². The second-order valence-electron chi connectivity index (χ2n) is 16.7. The van der Waals surface area contributed by atoms with E-state index in [1.807, 2.05) is 39.8 Å². The third-order valence-electron chi connectivity index (χ3n) is 12.9. The van der Waals surface area contributed by atoms with Crippen LogP contribution in [-0.2, 0) is 0 Å². The number of hydrogen-bond acceptors (Lipinski definition) is 10. The minimum atomic E-state index is -0.565. The predicted molar refractivity (Wildman–Crippen MR) is 247 cm³/mol. The Morgan fingerprint density at radius 1 is 0.359 bits per heavy atom. The van der Waals surface area contributed by atoms with E-state index in [1.54, 1.807) is 90.1 Å². The highest BCUT2D eigenvalue weighted by atomic mass is 16.5. The lowest BCUT2D eigenvalue weighted by Crippen LogP contribution is -2.28. The average molecular weight is 875 g/mol. The van der Waals surface area contributed by atoms with E-state index in [9.17, 15) is 51.3 Å². The molecule has 2 heterocycles. The minimum absolute atomic E-state index is 0.118. The molecule has 0 amide bonds. The molecule has 8 bridgehead atoms. The van der Waals surface area contributed by atoms with Crippen LogP contribution in [0.4, 0.5) is 0 Å². The maximum atomic E-state index is 11.5. The summed E-state index contributed by atoms with van der Waals surface area (Å²) in [6.07, 6.45) is 4.75. The van der Waals surface area contributed by atoms with Crippen molar-refractivity contribution in [3.63, 3.8) is 0 Å². The van der Waals surface area contributed by atoms with Crippen LogP contribution in [0, 0.1) is 52.0 Å². The maximum absolute atomic E-state index is 11.5. The lowest BCUT2D eigenvalue weighted by Gasteiger charge is -2.30. The molecule has 0 unspecified atom stereocenters. The number of aryl methyl sites for hydroxylation is 2. The molecule has 12 nitrogen and oxygen atoms in total. The van der Waals surface area contributed by atoms with Gasteiger partial charge in [-0.2, -0.15) is 9.46 Å². The van der Waals surface area contributed by atoms with Crippen LogP contribution < -0.4 is 9.46 Å². The number of rotatable bonds is 4. The van der Waals surface area contributed by atoms with Gasteiger partial charge in [0.25, 0.3) is 0 Å². The van der Waals surface area contributed by atoms with E-state index in [4.69, 9.17) is 0 Å². The van der Waals surface area contributed by atoms with E-state index < -0.39 is 23.7 Å². The highest BCUT2D eigenvalue weighted by Gasteiger charge is 2.34. The largest absolute Gasteiger partial charge is 0.619 e. The van der Waals surface area contributed by atoms with Crippen LogP contribution >= 0.6 is 0 Å². The molecule has 8 N–H and O–H groups in total. The zero-order valence-corrected chi connectivity index (χ0v) is 38.4. The molecule has 7 rings (SSSR count). The number of pyridine rings is 2. The van der Waals surface area contributed by atoms with Gasteiger partial charge in [0.2, 0.25) is 0 Å². The lowest BCUT2D eigenvalue weighted by atomic mass is 9.76. The number of phenolic OH excluding ortho intramolecular Hbond substituents is 8. The van der Waals surface area contributed by atoms with Crippen LogP contribution in [0.15, 0.2) is 73.1 Å². The van der Waals surface area contributed by atoms with Crippen molar-refractivity contribution in [2.24, 2.45) is 0 Å². The molecule has 0 saturated carbocycles. The van der Waals surface area contributed by atoms with Gasteiger partial charge < -0.3 is 51.3 Å². The molecule has 0 spiro atoms. The Labute approximate surface area is 375 Å². The zero-order chi connectivity index (χ0) is 47.5. The van der Waals surface area contributed by atoms with E-state index in [1.165, 1.54) is 12.4 Å². The SMILES string of the molecule is CCC1c2cc(c(O)c(C)c2O)C(CC)c2cc(c(O)c(C)c2O)C(CC)c2cc(c(O)c(C)c2O)C(CC)c2cc1c(O)c(C)c2O.Cc1cccc[n+]1[O-].Cc1cccc[n+]1[O-]. The van der Waals surface area contributed by atoms with Crippen molar-refractivity contribution in [1.82, 2.24) is 0 Å². The summed E-state index contributed by atoms with van der Waals surface area (Å²) in [6.45, 7) is 17.7. The van der Waals surface area contributed by atoms with Gasteiger partial charge >= 0.3 is 0 Å². The van der Waals surface area contributed by atoms with Crippen LogP contribution in [-0.4, -0.2) is 40.9 Å². The first-order chi connectivity index (χ1) is 30.3.